The lowest BCUT2D eigenvalue weighted by molar-refractivity contribution is 0.485. The summed E-state index contributed by atoms with van der Waals surface area (Å²) in [5, 5.41) is 2.85. The quantitative estimate of drug-likeness (QED) is 0.259. The second-order valence-corrected chi connectivity index (χ2v) is 18.5. The van der Waals surface area contributed by atoms with Crippen LogP contribution in [0.4, 0.5) is 5.69 Å². The van der Waals surface area contributed by atoms with Gasteiger partial charge in [-0.25, -0.2) is 0 Å². The van der Waals surface area contributed by atoms with Crippen molar-refractivity contribution >= 4 is 33.7 Å². The van der Waals surface area contributed by atoms with Gasteiger partial charge in [-0.2, -0.15) is 0 Å². The molecule has 4 saturated carbocycles. The Balaban J connectivity index is 1.38. The lowest BCUT2D eigenvalue weighted by Gasteiger charge is -2.38. The van der Waals surface area contributed by atoms with Crippen molar-refractivity contribution in [3.8, 4) is 0 Å². The molecule has 0 spiro atoms. The zero-order valence-electron chi connectivity index (χ0n) is 23.7. The Labute approximate surface area is 231 Å². The number of anilines is 1. The van der Waals surface area contributed by atoms with Gasteiger partial charge >= 0.3 is 0 Å². The largest absolute Gasteiger partial charge is 0.398 e. The van der Waals surface area contributed by atoms with Crippen LogP contribution >= 0.6 is 15.8 Å². The highest BCUT2D eigenvalue weighted by atomic mass is 31.1. The molecule has 0 unspecified atom stereocenters. The minimum Gasteiger partial charge on any atom is -0.398 e. The van der Waals surface area contributed by atoms with Crippen molar-refractivity contribution < 1.29 is 0 Å². The summed E-state index contributed by atoms with van der Waals surface area (Å²) in [6, 6.07) is 6.77. The van der Waals surface area contributed by atoms with Crippen molar-refractivity contribution in [2.24, 2.45) is 0 Å². The van der Waals surface area contributed by atoms with E-state index in [-0.39, 0.29) is 15.8 Å². The van der Waals surface area contributed by atoms with Crippen LogP contribution in [0.1, 0.15) is 128 Å². The summed E-state index contributed by atoms with van der Waals surface area (Å²) in [4.78, 5) is 0. The van der Waals surface area contributed by atoms with Gasteiger partial charge in [-0.3, -0.25) is 0 Å². The van der Waals surface area contributed by atoms with Crippen molar-refractivity contribution in [2.45, 2.75) is 151 Å². The second-order valence-electron chi connectivity index (χ2n) is 12.8. The molecule has 4 fully saturated rings. The van der Waals surface area contributed by atoms with E-state index in [0.29, 0.717) is 0 Å². The fourth-order valence-electron chi connectivity index (χ4n) is 8.26. The minimum absolute atomic E-state index is 0.0913. The highest BCUT2D eigenvalue weighted by Crippen LogP contribution is 2.56. The molecule has 0 bridgehead atoms. The number of hydrogen-bond donors (Lipinski definition) is 1. The van der Waals surface area contributed by atoms with Crippen LogP contribution in [0.3, 0.4) is 0 Å². The monoisotopic (exact) mass is 539 g/mol. The first kappa shape index (κ1) is 28.2. The summed E-state index contributed by atoms with van der Waals surface area (Å²) in [7, 11) is 0.200. The zero-order chi connectivity index (χ0) is 25.3. The van der Waals surface area contributed by atoms with Gasteiger partial charge in [-0.05, 0) is 97.6 Å². The fraction of sp³-hybridized carbons (Fsp3) is 0.765. The smallest absolute Gasteiger partial charge is 0.0390 e. The van der Waals surface area contributed by atoms with Crippen molar-refractivity contribution in [1.29, 1.82) is 0 Å². The maximum Gasteiger partial charge on any atom is 0.0390 e. The number of nitrogens with two attached hydrogens (primary N) is 1. The Hall–Kier alpha value is -0.380. The lowest BCUT2D eigenvalue weighted by atomic mass is 9.99. The lowest BCUT2D eigenvalue weighted by Crippen LogP contribution is -2.30. The van der Waals surface area contributed by atoms with E-state index in [1.54, 1.807) is 0 Å². The molecule has 2 N–H and O–H groups in total. The highest BCUT2D eigenvalue weighted by molar-refractivity contribution is 7.60. The van der Waals surface area contributed by atoms with Crippen molar-refractivity contribution in [1.82, 2.24) is 0 Å². The molecule has 1 aromatic rings. The van der Waals surface area contributed by atoms with E-state index in [0.717, 1.165) is 28.3 Å². The number of benzene rings is 1. The standard InChI is InChI=1S/C34H55NP2/c35-34-23-13-14-28(24-26-36(29-15-5-1-6-16-29)30-17-7-2-8-18-30)33(34)25-27-37(31-19-9-3-10-20-31)32-21-11-4-12-22-32/h13-14,23-25,29-32H,1-12,15-22,26-27,35H2. The Bertz CT molecular complexity index is 882. The number of rotatable bonds is 8. The van der Waals surface area contributed by atoms with Gasteiger partial charge in [0.05, 0.1) is 0 Å². The van der Waals surface area contributed by atoms with Crippen LogP contribution < -0.4 is 16.2 Å². The van der Waals surface area contributed by atoms with E-state index in [4.69, 9.17) is 5.73 Å². The highest BCUT2D eigenvalue weighted by Gasteiger charge is 2.31. The summed E-state index contributed by atoms with van der Waals surface area (Å²) in [6.45, 7) is 0. The van der Waals surface area contributed by atoms with Crippen molar-refractivity contribution in [3.63, 3.8) is 0 Å². The Kier molecular flexibility index (Phi) is 11.3. The van der Waals surface area contributed by atoms with Crippen LogP contribution in [0.25, 0.3) is 12.2 Å². The molecule has 0 atom stereocenters. The van der Waals surface area contributed by atoms with Gasteiger partial charge < -0.3 is 5.73 Å². The summed E-state index contributed by atoms with van der Waals surface area (Å²) in [6.07, 6.45) is 37.8. The van der Waals surface area contributed by atoms with Crippen LogP contribution in [0, 0.1) is 0 Å². The third-order valence-electron chi connectivity index (χ3n) is 10.4. The summed E-state index contributed by atoms with van der Waals surface area (Å²) >= 11 is 0. The molecule has 0 amide bonds. The van der Waals surface area contributed by atoms with Gasteiger partial charge in [0.15, 0.2) is 0 Å². The van der Waals surface area contributed by atoms with Gasteiger partial charge in [0.25, 0.3) is 0 Å². The molecule has 206 valence electrons. The van der Waals surface area contributed by atoms with Crippen molar-refractivity contribution in [3.05, 3.63) is 28.6 Å². The molecule has 0 heterocycles. The third kappa shape index (κ3) is 7.85. The van der Waals surface area contributed by atoms with Gasteiger partial charge in [0.1, 0.15) is 0 Å². The summed E-state index contributed by atoms with van der Waals surface area (Å²) < 4.78 is 0. The first-order valence-electron chi connectivity index (χ1n) is 16.4. The first-order valence-corrected chi connectivity index (χ1v) is 19.7. The molecule has 37 heavy (non-hydrogen) atoms. The van der Waals surface area contributed by atoms with Crippen LogP contribution in [0.5, 0.6) is 0 Å². The molecule has 0 saturated heterocycles. The average Bonchev–Trinajstić information content (AvgIpc) is 2.97. The zero-order valence-corrected chi connectivity index (χ0v) is 25.5. The third-order valence-corrected chi connectivity index (χ3v) is 17.4. The van der Waals surface area contributed by atoms with E-state index in [2.05, 4.69) is 30.4 Å². The SMILES string of the molecule is Nc1cccc(=CCP(C2CCCCC2)C2CCCCC2)c1=CCP(C1CCCCC1)C1CCCCC1. The maximum atomic E-state index is 6.72. The van der Waals surface area contributed by atoms with E-state index >= 15 is 0 Å². The Morgan fingerprint density at radius 1 is 0.541 bits per heavy atom. The molecule has 0 aromatic heterocycles. The Morgan fingerprint density at radius 2 is 0.919 bits per heavy atom. The predicted octanol–water partition coefficient (Wildman–Crippen LogP) is 9.12. The first-order chi connectivity index (χ1) is 18.3. The number of hydrogen-bond acceptors (Lipinski definition) is 1. The van der Waals surface area contributed by atoms with Gasteiger partial charge in [0.2, 0.25) is 0 Å². The van der Waals surface area contributed by atoms with E-state index in [1.165, 1.54) is 151 Å². The molecule has 4 aliphatic carbocycles. The van der Waals surface area contributed by atoms with Gasteiger partial charge in [0, 0.05) is 10.9 Å². The summed E-state index contributed by atoms with van der Waals surface area (Å²) in [5.41, 5.74) is 11.8. The van der Waals surface area contributed by atoms with Crippen LogP contribution in [0.15, 0.2) is 18.2 Å². The van der Waals surface area contributed by atoms with E-state index in [1.807, 2.05) is 0 Å². The number of nitrogen functional groups attached to an aromatic ring is 1. The molecule has 3 heteroatoms. The van der Waals surface area contributed by atoms with Crippen LogP contribution in [-0.2, 0) is 0 Å². The molecule has 1 aromatic carbocycles. The van der Waals surface area contributed by atoms with E-state index in [9.17, 15) is 0 Å². The average molecular weight is 540 g/mol. The van der Waals surface area contributed by atoms with Crippen molar-refractivity contribution in [2.75, 3.05) is 18.1 Å². The molecule has 0 aliphatic heterocycles. The molecule has 0 radical (unpaired) electrons. The Morgan fingerprint density at radius 3 is 1.32 bits per heavy atom. The second kappa shape index (κ2) is 14.8. The van der Waals surface area contributed by atoms with Crippen LogP contribution in [0.2, 0.25) is 0 Å². The van der Waals surface area contributed by atoms with E-state index < -0.39 is 0 Å². The minimum atomic E-state index is 0.0913. The molecular formula is C34H55NP2. The van der Waals surface area contributed by atoms with Gasteiger partial charge in [-0.15, -0.1) is 0 Å². The predicted molar refractivity (Wildman–Crippen MR) is 170 cm³/mol. The fourth-order valence-corrected chi connectivity index (χ4v) is 15.6. The molecule has 4 aliphatic rings. The maximum absolute atomic E-state index is 6.72. The van der Waals surface area contributed by atoms with Crippen LogP contribution in [-0.4, -0.2) is 35.0 Å². The molecular weight excluding hydrogens is 484 g/mol. The summed E-state index contributed by atoms with van der Waals surface area (Å²) in [5.74, 6) is 0. The normalized spacial score (nSPS) is 24.9. The van der Waals surface area contributed by atoms with Gasteiger partial charge in [-0.1, -0.05) is 117 Å². The molecule has 5 rings (SSSR count). The molecule has 1 nitrogen and oxygen atoms in total. The topological polar surface area (TPSA) is 26.0 Å².